The molecule has 4 rings (SSSR count). The molecule has 1 saturated heterocycles. The molecule has 1 atom stereocenters. The van der Waals surface area contributed by atoms with E-state index in [4.69, 9.17) is 10.2 Å². The average molecular weight is 463 g/mol. The first-order valence-electron chi connectivity index (χ1n) is 11.4. The van der Waals surface area contributed by atoms with E-state index >= 15 is 0 Å². The maximum absolute atomic E-state index is 12.6. The molecule has 0 aliphatic carbocycles. The molecule has 9 heteroatoms. The summed E-state index contributed by atoms with van der Waals surface area (Å²) in [6.45, 7) is 2.84. The molecule has 5 N–H and O–H groups in total. The molecule has 0 bridgehead atoms. The Hall–Kier alpha value is -3.53. The van der Waals surface area contributed by atoms with E-state index in [0.717, 1.165) is 41.3 Å². The normalized spacial score (nSPS) is 15.8. The van der Waals surface area contributed by atoms with Gasteiger partial charge in [0.1, 0.15) is 0 Å². The number of carbonyl (C=O) groups excluding carboxylic acids is 1. The molecule has 2 heterocycles. The fourth-order valence-corrected chi connectivity index (χ4v) is 3.94. The molecule has 0 radical (unpaired) electrons. The number of nitrogens with one attached hydrogen (secondary N) is 3. The van der Waals surface area contributed by atoms with E-state index in [1.54, 1.807) is 6.20 Å². The molecule has 178 valence electrons. The molecule has 3 aromatic rings. The minimum atomic E-state index is -0.0544. The van der Waals surface area contributed by atoms with Crippen LogP contribution in [0.1, 0.15) is 6.42 Å². The predicted octanol–water partition coefficient (Wildman–Crippen LogP) is 2.54. The molecule has 0 saturated carbocycles. The summed E-state index contributed by atoms with van der Waals surface area (Å²) < 4.78 is 0. The third-order valence-corrected chi connectivity index (χ3v) is 5.75. The number of benzene rings is 2. The summed E-state index contributed by atoms with van der Waals surface area (Å²) in [5, 5.41) is 27.3. The van der Waals surface area contributed by atoms with Gasteiger partial charge in [-0.3, -0.25) is 4.79 Å². The number of amides is 1. The Morgan fingerprint density at radius 3 is 2.44 bits per heavy atom. The van der Waals surface area contributed by atoms with Crippen LogP contribution in [0.15, 0.2) is 60.8 Å². The van der Waals surface area contributed by atoms with Gasteiger partial charge in [0.25, 0.3) is 0 Å². The number of likely N-dealkylation sites (tertiary alicyclic amines) is 1. The Labute approximate surface area is 198 Å². The van der Waals surface area contributed by atoms with Crippen molar-refractivity contribution in [3.63, 3.8) is 0 Å². The zero-order valence-electron chi connectivity index (χ0n) is 18.9. The lowest BCUT2D eigenvalue weighted by Crippen LogP contribution is -2.28. The van der Waals surface area contributed by atoms with Crippen molar-refractivity contribution in [2.75, 3.05) is 55.3 Å². The summed E-state index contributed by atoms with van der Waals surface area (Å²) in [7, 11) is 0. The number of aliphatic hydroxyl groups excluding tert-OH is 2. The molecule has 2 aromatic carbocycles. The van der Waals surface area contributed by atoms with E-state index in [2.05, 4.69) is 30.8 Å². The van der Waals surface area contributed by atoms with Gasteiger partial charge in [-0.1, -0.05) is 12.1 Å². The van der Waals surface area contributed by atoms with E-state index in [0.29, 0.717) is 25.6 Å². The molecular weight excluding hydrogens is 432 g/mol. The summed E-state index contributed by atoms with van der Waals surface area (Å²) in [6.07, 6.45) is 2.51. The lowest BCUT2D eigenvalue weighted by Gasteiger charge is -2.14. The quantitative estimate of drug-likeness (QED) is 0.312. The maximum atomic E-state index is 12.6. The topological polar surface area (TPSA) is 123 Å². The van der Waals surface area contributed by atoms with Gasteiger partial charge >= 0.3 is 0 Å². The third kappa shape index (κ3) is 6.28. The van der Waals surface area contributed by atoms with Crippen LogP contribution in [-0.2, 0) is 4.79 Å². The monoisotopic (exact) mass is 462 g/mol. The highest BCUT2D eigenvalue weighted by atomic mass is 16.3. The fraction of sp³-hybridized carbons (Fsp3) is 0.320. The second-order valence-corrected chi connectivity index (χ2v) is 8.19. The van der Waals surface area contributed by atoms with Crippen molar-refractivity contribution in [1.82, 2.24) is 14.9 Å². The lowest BCUT2D eigenvalue weighted by atomic mass is 10.1. The highest BCUT2D eigenvalue weighted by Gasteiger charge is 2.27. The number of hydrogen-bond acceptors (Lipinski definition) is 8. The van der Waals surface area contributed by atoms with Gasteiger partial charge < -0.3 is 31.1 Å². The Bertz CT molecular complexity index is 1070. The zero-order chi connectivity index (χ0) is 23.8. The molecule has 1 aliphatic rings. The Morgan fingerprint density at radius 1 is 0.971 bits per heavy atom. The van der Waals surface area contributed by atoms with Crippen LogP contribution in [0.3, 0.4) is 0 Å². The molecule has 0 unspecified atom stereocenters. The van der Waals surface area contributed by atoms with Gasteiger partial charge in [0.2, 0.25) is 11.9 Å². The van der Waals surface area contributed by atoms with Crippen molar-refractivity contribution in [1.29, 1.82) is 0 Å². The first-order chi connectivity index (χ1) is 16.6. The van der Waals surface area contributed by atoms with Crippen molar-refractivity contribution in [2.24, 2.45) is 5.92 Å². The van der Waals surface area contributed by atoms with Gasteiger partial charge in [0.05, 0.1) is 24.8 Å². The Kier molecular flexibility index (Phi) is 8.03. The van der Waals surface area contributed by atoms with Crippen molar-refractivity contribution in [3.8, 4) is 11.3 Å². The third-order valence-electron chi connectivity index (χ3n) is 5.75. The van der Waals surface area contributed by atoms with Crippen molar-refractivity contribution in [3.05, 3.63) is 60.8 Å². The molecule has 1 aliphatic heterocycles. The molecule has 1 fully saturated rings. The number of nitrogens with zero attached hydrogens (tertiary/aromatic N) is 3. The van der Waals surface area contributed by atoms with Crippen LogP contribution in [0.5, 0.6) is 0 Å². The predicted molar refractivity (Wildman–Crippen MR) is 133 cm³/mol. The van der Waals surface area contributed by atoms with Crippen molar-refractivity contribution < 1.29 is 15.0 Å². The summed E-state index contributed by atoms with van der Waals surface area (Å²) in [5.41, 5.74) is 4.22. The van der Waals surface area contributed by atoms with Crippen LogP contribution in [0.4, 0.5) is 23.0 Å². The first kappa shape index (κ1) is 23.6. The fourth-order valence-electron chi connectivity index (χ4n) is 3.94. The van der Waals surface area contributed by atoms with E-state index in [1.165, 1.54) is 0 Å². The summed E-state index contributed by atoms with van der Waals surface area (Å²) in [6, 6.07) is 17.1. The SMILES string of the molecule is O=C(Nc1ccc(-c2ccnc(Nc3ccc(NCCO)cc3)n2)cc1)[C@@H]1CCN(CCO)C1. The maximum Gasteiger partial charge on any atom is 0.228 e. The van der Waals surface area contributed by atoms with Crippen molar-refractivity contribution >= 4 is 28.9 Å². The summed E-state index contributed by atoms with van der Waals surface area (Å²) >= 11 is 0. The summed E-state index contributed by atoms with van der Waals surface area (Å²) in [5.74, 6) is 0.445. The number of β-amino-alcohol motifs (C(OH)–C–C–N with tert-alkyl or cyclic N) is 1. The second-order valence-electron chi connectivity index (χ2n) is 8.19. The van der Waals surface area contributed by atoms with E-state index in [1.807, 2.05) is 54.6 Å². The number of aliphatic hydroxyl groups is 2. The van der Waals surface area contributed by atoms with Crippen LogP contribution in [0.25, 0.3) is 11.3 Å². The van der Waals surface area contributed by atoms with Gasteiger partial charge in [0.15, 0.2) is 0 Å². The van der Waals surface area contributed by atoms with Crippen LogP contribution >= 0.6 is 0 Å². The molecule has 9 nitrogen and oxygen atoms in total. The molecular formula is C25H30N6O3. The zero-order valence-corrected chi connectivity index (χ0v) is 18.9. The molecule has 0 spiro atoms. The van der Waals surface area contributed by atoms with Gasteiger partial charge in [-0.15, -0.1) is 0 Å². The minimum absolute atomic E-state index is 0.0132. The number of aromatic nitrogens is 2. The van der Waals surface area contributed by atoms with Crippen LogP contribution in [-0.4, -0.2) is 70.4 Å². The summed E-state index contributed by atoms with van der Waals surface area (Å²) in [4.78, 5) is 23.6. The van der Waals surface area contributed by atoms with Gasteiger partial charge in [-0.05, 0) is 55.4 Å². The lowest BCUT2D eigenvalue weighted by molar-refractivity contribution is -0.119. The number of rotatable bonds is 10. The van der Waals surface area contributed by atoms with E-state index in [-0.39, 0.29) is 25.0 Å². The Balaban J connectivity index is 1.35. The molecule has 1 amide bonds. The van der Waals surface area contributed by atoms with Crippen LogP contribution < -0.4 is 16.0 Å². The number of anilines is 4. The number of hydrogen-bond donors (Lipinski definition) is 5. The van der Waals surface area contributed by atoms with Gasteiger partial charge in [-0.2, -0.15) is 0 Å². The Morgan fingerprint density at radius 2 is 1.71 bits per heavy atom. The minimum Gasteiger partial charge on any atom is -0.395 e. The van der Waals surface area contributed by atoms with Gasteiger partial charge in [0, 0.05) is 48.5 Å². The standard InChI is InChI=1S/C25H30N6O3/c32-15-12-26-20-5-7-22(8-6-20)29-25-27-11-9-23(30-25)18-1-3-21(4-2-18)28-24(34)19-10-13-31(17-19)14-16-33/h1-9,11,19,26,32-33H,10,12-17H2,(H,28,34)(H,27,29,30)/t19-/m1/s1. The highest BCUT2D eigenvalue weighted by Crippen LogP contribution is 2.23. The van der Waals surface area contributed by atoms with E-state index < -0.39 is 0 Å². The molecule has 1 aromatic heterocycles. The van der Waals surface area contributed by atoms with Gasteiger partial charge in [-0.25, -0.2) is 9.97 Å². The van der Waals surface area contributed by atoms with E-state index in [9.17, 15) is 4.79 Å². The smallest absolute Gasteiger partial charge is 0.228 e. The first-order valence-corrected chi connectivity index (χ1v) is 11.4. The van der Waals surface area contributed by atoms with Crippen molar-refractivity contribution in [2.45, 2.75) is 6.42 Å². The van der Waals surface area contributed by atoms with Crippen LogP contribution in [0, 0.1) is 5.92 Å². The molecule has 34 heavy (non-hydrogen) atoms. The van der Waals surface area contributed by atoms with Crippen LogP contribution in [0.2, 0.25) is 0 Å². The second kappa shape index (κ2) is 11.6. The average Bonchev–Trinajstić information content (AvgIpc) is 3.33. The highest BCUT2D eigenvalue weighted by molar-refractivity contribution is 5.93. The largest absolute Gasteiger partial charge is 0.395 e. The number of carbonyl (C=O) groups is 1.